The van der Waals surface area contributed by atoms with E-state index in [0.717, 1.165) is 0 Å². The molecule has 0 aliphatic rings. The molecule has 2 N–H and O–H groups in total. The maximum Gasteiger partial charge on any atom is 0.294 e. The molecule has 90 valence electrons. The summed E-state index contributed by atoms with van der Waals surface area (Å²) in [6.07, 6.45) is 0. The summed E-state index contributed by atoms with van der Waals surface area (Å²) in [4.78, 5) is -0.0741. The lowest BCUT2D eigenvalue weighted by Crippen LogP contribution is -1.96. The Hall–Kier alpha value is -1.85. The van der Waals surface area contributed by atoms with Gasteiger partial charge in [0.2, 0.25) is 0 Å². The molecule has 2 rings (SSSR count). The molecule has 0 bridgehead atoms. The molecular weight excluding hydrogens is 240 g/mol. The van der Waals surface area contributed by atoms with Crippen LogP contribution in [-0.2, 0) is 10.1 Å². The Labute approximate surface area is 99.9 Å². The molecule has 0 aliphatic heterocycles. The van der Waals surface area contributed by atoms with E-state index in [0.29, 0.717) is 5.75 Å². The quantitative estimate of drug-likeness (QED) is 0.764. The Kier molecular flexibility index (Phi) is 4.68. The zero-order chi connectivity index (χ0) is 12.7. The number of phenolic OH excluding ortho intramolecular Hbond substituents is 1. The highest BCUT2D eigenvalue weighted by atomic mass is 32.2. The largest absolute Gasteiger partial charge is 0.508 e. The second kappa shape index (κ2) is 6.03. The molecule has 0 amide bonds. The van der Waals surface area contributed by atoms with Crippen molar-refractivity contribution >= 4 is 10.1 Å². The third-order valence-electron chi connectivity index (χ3n) is 1.80. The maximum atomic E-state index is 10.4. The number of aromatic hydroxyl groups is 1. The third-order valence-corrected chi connectivity index (χ3v) is 2.67. The van der Waals surface area contributed by atoms with E-state index >= 15 is 0 Å². The van der Waals surface area contributed by atoms with Crippen molar-refractivity contribution in [3.8, 4) is 5.75 Å². The van der Waals surface area contributed by atoms with E-state index < -0.39 is 10.1 Å². The SMILES string of the molecule is O=S(=O)(O)c1ccccc1.Oc1ccccc1. The molecule has 0 heterocycles. The van der Waals surface area contributed by atoms with Crippen LogP contribution in [0.4, 0.5) is 0 Å². The Morgan fingerprint density at radius 3 is 1.41 bits per heavy atom. The summed E-state index contributed by atoms with van der Waals surface area (Å²) in [5.74, 6) is 0.322. The van der Waals surface area contributed by atoms with Crippen molar-refractivity contribution < 1.29 is 18.1 Å². The van der Waals surface area contributed by atoms with Gasteiger partial charge in [-0.15, -0.1) is 0 Å². The summed E-state index contributed by atoms with van der Waals surface area (Å²) < 4.78 is 29.2. The smallest absolute Gasteiger partial charge is 0.294 e. The molecule has 17 heavy (non-hydrogen) atoms. The lowest BCUT2D eigenvalue weighted by molar-refractivity contribution is 0.475. The fraction of sp³-hybridized carbons (Fsp3) is 0. The van der Waals surface area contributed by atoms with Crippen LogP contribution in [0.15, 0.2) is 65.6 Å². The van der Waals surface area contributed by atoms with Crippen LogP contribution in [0, 0.1) is 0 Å². The van der Waals surface area contributed by atoms with E-state index in [1.54, 1.807) is 42.5 Å². The molecule has 2 aromatic rings. The molecule has 0 radical (unpaired) electrons. The second-order valence-electron chi connectivity index (χ2n) is 3.12. The van der Waals surface area contributed by atoms with Gasteiger partial charge >= 0.3 is 0 Å². The minimum absolute atomic E-state index is 0.0741. The fourth-order valence-electron chi connectivity index (χ4n) is 1.02. The molecule has 0 fully saturated rings. The van der Waals surface area contributed by atoms with Crippen molar-refractivity contribution in [2.45, 2.75) is 4.90 Å². The molecule has 0 atom stereocenters. The van der Waals surface area contributed by atoms with E-state index in [1.807, 2.05) is 6.07 Å². The van der Waals surface area contributed by atoms with Gasteiger partial charge in [0, 0.05) is 0 Å². The first-order valence-corrected chi connectivity index (χ1v) is 6.21. The number of hydrogen-bond acceptors (Lipinski definition) is 3. The van der Waals surface area contributed by atoms with Gasteiger partial charge in [-0.3, -0.25) is 4.55 Å². The molecule has 0 spiro atoms. The van der Waals surface area contributed by atoms with Crippen molar-refractivity contribution in [2.75, 3.05) is 0 Å². The van der Waals surface area contributed by atoms with Crippen LogP contribution in [0.5, 0.6) is 5.75 Å². The minimum Gasteiger partial charge on any atom is -0.508 e. The van der Waals surface area contributed by atoms with Gasteiger partial charge in [-0.25, -0.2) is 0 Å². The normalized spacial score (nSPS) is 10.2. The van der Waals surface area contributed by atoms with Crippen molar-refractivity contribution in [1.29, 1.82) is 0 Å². The molecule has 4 nitrogen and oxygen atoms in total. The molecule has 0 aromatic heterocycles. The Morgan fingerprint density at radius 2 is 1.18 bits per heavy atom. The van der Waals surface area contributed by atoms with E-state index in [-0.39, 0.29) is 4.90 Å². The van der Waals surface area contributed by atoms with Gasteiger partial charge in [-0.2, -0.15) is 8.42 Å². The molecular formula is C12H12O4S. The topological polar surface area (TPSA) is 74.6 Å². The van der Waals surface area contributed by atoms with E-state index in [2.05, 4.69) is 0 Å². The van der Waals surface area contributed by atoms with Crippen molar-refractivity contribution in [3.05, 3.63) is 60.7 Å². The van der Waals surface area contributed by atoms with Gasteiger partial charge in [0.05, 0.1) is 4.90 Å². The average molecular weight is 252 g/mol. The third kappa shape index (κ3) is 5.14. The van der Waals surface area contributed by atoms with Gasteiger partial charge < -0.3 is 5.11 Å². The first kappa shape index (κ1) is 13.2. The molecule has 5 heteroatoms. The highest BCUT2D eigenvalue weighted by Crippen LogP contribution is 2.05. The minimum atomic E-state index is -4.00. The van der Waals surface area contributed by atoms with Crippen LogP contribution < -0.4 is 0 Å². The van der Waals surface area contributed by atoms with Crippen LogP contribution in [0.2, 0.25) is 0 Å². The average Bonchev–Trinajstić information content (AvgIpc) is 2.31. The van der Waals surface area contributed by atoms with E-state index in [4.69, 9.17) is 9.66 Å². The summed E-state index contributed by atoms with van der Waals surface area (Å²) in [6.45, 7) is 0. The Bertz CT molecular complexity index is 535. The van der Waals surface area contributed by atoms with Crippen LogP contribution in [-0.4, -0.2) is 18.1 Å². The fourth-order valence-corrected chi connectivity index (χ4v) is 1.52. The van der Waals surface area contributed by atoms with E-state index in [9.17, 15) is 8.42 Å². The zero-order valence-electron chi connectivity index (χ0n) is 8.89. The van der Waals surface area contributed by atoms with Crippen molar-refractivity contribution in [1.82, 2.24) is 0 Å². The zero-order valence-corrected chi connectivity index (χ0v) is 9.71. The number of para-hydroxylation sites is 1. The highest BCUT2D eigenvalue weighted by Gasteiger charge is 2.05. The molecule has 0 saturated carbocycles. The number of hydrogen-bond donors (Lipinski definition) is 2. The predicted octanol–water partition coefficient (Wildman–Crippen LogP) is 2.33. The first-order valence-electron chi connectivity index (χ1n) is 4.77. The molecule has 0 unspecified atom stereocenters. The Balaban J connectivity index is 0.000000181. The summed E-state index contributed by atoms with van der Waals surface area (Å²) in [5.41, 5.74) is 0. The Morgan fingerprint density at radius 1 is 0.765 bits per heavy atom. The monoisotopic (exact) mass is 252 g/mol. The highest BCUT2D eigenvalue weighted by molar-refractivity contribution is 7.85. The lowest BCUT2D eigenvalue weighted by atomic mass is 10.3. The molecule has 2 aromatic carbocycles. The summed E-state index contributed by atoms with van der Waals surface area (Å²) in [6, 6.07) is 16.1. The second-order valence-corrected chi connectivity index (χ2v) is 4.55. The predicted molar refractivity (Wildman–Crippen MR) is 64.4 cm³/mol. The van der Waals surface area contributed by atoms with Gasteiger partial charge in [0.15, 0.2) is 0 Å². The first-order chi connectivity index (χ1) is 8.00. The van der Waals surface area contributed by atoms with Gasteiger partial charge in [-0.05, 0) is 24.3 Å². The molecule has 0 saturated heterocycles. The number of phenols is 1. The molecule has 0 aliphatic carbocycles. The number of benzene rings is 2. The van der Waals surface area contributed by atoms with Crippen molar-refractivity contribution in [3.63, 3.8) is 0 Å². The van der Waals surface area contributed by atoms with Crippen LogP contribution >= 0.6 is 0 Å². The van der Waals surface area contributed by atoms with Gasteiger partial charge in [-0.1, -0.05) is 36.4 Å². The van der Waals surface area contributed by atoms with Gasteiger partial charge in [0.1, 0.15) is 5.75 Å². The summed E-state index contributed by atoms with van der Waals surface area (Å²) in [7, 11) is -4.00. The standard InChI is InChI=1S/C6H6O3S.C6H6O/c7-10(8,9)6-4-2-1-3-5-6;7-6-4-2-1-3-5-6/h1-5H,(H,7,8,9);1-5,7H. The van der Waals surface area contributed by atoms with Crippen molar-refractivity contribution in [2.24, 2.45) is 0 Å². The maximum absolute atomic E-state index is 10.4. The summed E-state index contributed by atoms with van der Waals surface area (Å²) >= 11 is 0. The van der Waals surface area contributed by atoms with Crippen LogP contribution in [0.25, 0.3) is 0 Å². The summed E-state index contributed by atoms with van der Waals surface area (Å²) in [5, 5.41) is 8.63. The van der Waals surface area contributed by atoms with Crippen LogP contribution in [0.3, 0.4) is 0 Å². The lowest BCUT2D eigenvalue weighted by Gasteiger charge is -1.92. The van der Waals surface area contributed by atoms with Gasteiger partial charge in [0.25, 0.3) is 10.1 Å². The number of rotatable bonds is 1. The van der Waals surface area contributed by atoms with E-state index in [1.165, 1.54) is 12.1 Å². The van der Waals surface area contributed by atoms with Crippen LogP contribution in [0.1, 0.15) is 0 Å².